The molecule has 96 valence electrons. The molecule has 1 aromatic rings. The van der Waals surface area contributed by atoms with Crippen molar-refractivity contribution in [3.8, 4) is 0 Å². The fourth-order valence-electron chi connectivity index (χ4n) is 1.22. The van der Waals surface area contributed by atoms with E-state index in [4.69, 9.17) is 5.11 Å². The minimum Gasteiger partial charge on any atom is -0.475 e. The average Bonchev–Trinajstić information content (AvgIpc) is 2.57. The number of hydrogen-bond donors (Lipinski definition) is 1. The van der Waals surface area contributed by atoms with E-state index in [9.17, 15) is 18.0 Å². The summed E-state index contributed by atoms with van der Waals surface area (Å²) >= 11 is 0. The van der Waals surface area contributed by atoms with Crippen LogP contribution in [0.2, 0.25) is 0 Å². The first-order chi connectivity index (χ1) is 7.71. The van der Waals surface area contributed by atoms with Gasteiger partial charge in [-0.2, -0.15) is 13.2 Å². The predicted octanol–water partition coefficient (Wildman–Crippen LogP) is 2.98. The molecular formula is C10H12F3NO3. The van der Waals surface area contributed by atoms with E-state index in [2.05, 4.69) is 9.40 Å². The topological polar surface area (TPSA) is 63.3 Å². The molecule has 1 N–H and O–H groups in total. The second-order valence-electron chi connectivity index (χ2n) is 4.02. The summed E-state index contributed by atoms with van der Waals surface area (Å²) in [5.74, 6) is -2.83. The summed E-state index contributed by atoms with van der Waals surface area (Å²) in [5, 5.41) is 8.59. The number of carboxylic acid groups (broad SMARTS) is 1. The second-order valence-corrected chi connectivity index (χ2v) is 4.02. The molecule has 0 aromatic carbocycles. The van der Waals surface area contributed by atoms with E-state index in [-0.39, 0.29) is 18.2 Å². The number of nitrogens with zero attached hydrogens (tertiary/aromatic N) is 1. The van der Waals surface area contributed by atoms with Crippen LogP contribution in [0.25, 0.3) is 0 Å². The lowest BCUT2D eigenvalue weighted by atomic mass is 10.1. The highest BCUT2D eigenvalue weighted by atomic mass is 19.4. The third-order valence-electron chi connectivity index (χ3n) is 2.07. The van der Waals surface area contributed by atoms with E-state index >= 15 is 0 Å². The van der Waals surface area contributed by atoms with Crippen molar-refractivity contribution < 1.29 is 27.5 Å². The summed E-state index contributed by atoms with van der Waals surface area (Å²) in [6.45, 7) is 3.79. The number of carbonyl (C=O) groups is 1. The van der Waals surface area contributed by atoms with Crippen molar-refractivity contribution in [3.63, 3.8) is 0 Å². The first kappa shape index (κ1) is 13.5. The summed E-state index contributed by atoms with van der Waals surface area (Å²) in [6, 6.07) is 0. The van der Waals surface area contributed by atoms with Crippen molar-refractivity contribution in [2.45, 2.75) is 32.9 Å². The fourth-order valence-corrected chi connectivity index (χ4v) is 1.22. The summed E-state index contributed by atoms with van der Waals surface area (Å²) < 4.78 is 41.9. The molecule has 7 heteroatoms. The van der Waals surface area contributed by atoms with Gasteiger partial charge < -0.3 is 9.52 Å². The second kappa shape index (κ2) is 4.77. The summed E-state index contributed by atoms with van der Waals surface area (Å²) in [7, 11) is 0. The van der Waals surface area contributed by atoms with Crippen LogP contribution in [-0.4, -0.2) is 16.1 Å². The minimum atomic E-state index is -4.81. The standard InChI is InChI=1S/C10H12F3NO3/c1-5(2)3-4-6-14-8(10(11,12)13)7(17-6)9(15)16/h5H,3-4H2,1-2H3,(H,15,16). The molecule has 0 fully saturated rings. The number of halogens is 3. The van der Waals surface area contributed by atoms with E-state index in [1.54, 1.807) is 0 Å². The zero-order valence-corrected chi connectivity index (χ0v) is 9.34. The smallest absolute Gasteiger partial charge is 0.437 e. The summed E-state index contributed by atoms with van der Waals surface area (Å²) in [5.41, 5.74) is -1.47. The van der Waals surface area contributed by atoms with Crippen molar-refractivity contribution in [1.29, 1.82) is 0 Å². The van der Waals surface area contributed by atoms with Crippen LogP contribution in [-0.2, 0) is 12.6 Å². The molecule has 0 atom stereocenters. The Hall–Kier alpha value is -1.53. The van der Waals surface area contributed by atoms with E-state index in [0.717, 1.165) is 0 Å². The molecule has 0 aliphatic heterocycles. The highest BCUT2D eigenvalue weighted by Gasteiger charge is 2.41. The number of hydrogen-bond acceptors (Lipinski definition) is 3. The Labute approximate surface area is 95.5 Å². The molecule has 1 heterocycles. The van der Waals surface area contributed by atoms with Crippen molar-refractivity contribution in [1.82, 2.24) is 4.98 Å². The Morgan fingerprint density at radius 1 is 1.47 bits per heavy atom. The predicted molar refractivity (Wildman–Crippen MR) is 51.6 cm³/mol. The minimum absolute atomic E-state index is 0.189. The number of rotatable bonds is 4. The van der Waals surface area contributed by atoms with Crippen LogP contribution in [0, 0.1) is 5.92 Å². The molecule has 0 unspecified atom stereocenters. The molecule has 4 nitrogen and oxygen atoms in total. The van der Waals surface area contributed by atoms with E-state index in [0.29, 0.717) is 6.42 Å². The van der Waals surface area contributed by atoms with Crippen molar-refractivity contribution in [2.24, 2.45) is 5.92 Å². The van der Waals surface area contributed by atoms with Crippen LogP contribution in [0.3, 0.4) is 0 Å². The number of oxazole rings is 1. The Bertz CT molecular complexity index is 409. The maximum absolute atomic E-state index is 12.4. The van der Waals surface area contributed by atoms with E-state index in [1.807, 2.05) is 13.8 Å². The Morgan fingerprint density at radius 2 is 2.06 bits per heavy atom. The van der Waals surface area contributed by atoms with Gasteiger partial charge in [0.1, 0.15) is 0 Å². The van der Waals surface area contributed by atoms with Gasteiger partial charge in [0.15, 0.2) is 11.6 Å². The van der Waals surface area contributed by atoms with Gasteiger partial charge in [-0.1, -0.05) is 13.8 Å². The molecule has 0 spiro atoms. The van der Waals surface area contributed by atoms with Gasteiger partial charge in [-0.15, -0.1) is 0 Å². The Kier molecular flexibility index (Phi) is 3.79. The van der Waals surface area contributed by atoms with Gasteiger partial charge >= 0.3 is 12.1 Å². The quantitative estimate of drug-likeness (QED) is 0.893. The lowest BCUT2D eigenvalue weighted by Gasteiger charge is -2.01. The molecule has 0 saturated carbocycles. The fraction of sp³-hybridized carbons (Fsp3) is 0.600. The van der Waals surface area contributed by atoms with Crippen LogP contribution in [0.5, 0.6) is 0 Å². The molecule has 0 bridgehead atoms. The molecule has 0 radical (unpaired) electrons. The number of alkyl halides is 3. The van der Waals surface area contributed by atoms with Crippen LogP contribution < -0.4 is 0 Å². The molecule has 0 saturated heterocycles. The summed E-state index contributed by atoms with van der Waals surface area (Å²) in [4.78, 5) is 13.8. The third kappa shape index (κ3) is 3.47. The third-order valence-corrected chi connectivity index (χ3v) is 2.07. The summed E-state index contributed by atoms with van der Waals surface area (Å²) in [6.07, 6.45) is -4.04. The average molecular weight is 251 g/mol. The number of aromatic nitrogens is 1. The molecular weight excluding hydrogens is 239 g/mol. The number of aromatic carboxylic acids is 1. The van der Waals surface area contributed by atoms with Gasteiger partial charge in [0, 0.05) is 6.42 Å². The molecule has 0 aliphatic carbocycles. The zero-order valence-electron chi connectivity index (χ0n) is 9.34. The molecule has 17 heavy (non-hydrogen) atoms. The van der Waals surface area contributed by atoms with Crippen LogP contribution in [0.4, 0.5) is 13.2 Å². The molecule has 1 aromatic heterocycles. The maximum atomic E-state index is 12.4. The van der Waals surface area contributed by atoms with Crippen LogP contribution >= 0.6 is 0 Å². The number of carboxylic acids is 1. The van der Waals surface area contributed by atoms with Crippen LogP contribution in [0.15, 0.2) is 4.42 Å². The van der Waals surface area contributed by atoms with Crippen molar-refractivity contribution in [3.05, 3.63) is 17.3 Å². The lowest BCUT2D eigenvalue weighted by molar-refractivity contribution is -0.141. The number of aryl methyl sites for hydroxylation is 1. The normalized spacial score (nSPS) is 12.1. The van der Waals surface area contributed by atoms with Gasteiger partial charge in [0.2, 0.25) is 5.76 Å². The zero-order chi connectivity index (χ0) is 13.2. The highest BCUT2D eigenvalue weighted by Crippen LogP contribution is 2.32. The molecule has 1 rings (SSSR count). The Morgan fingerprint density at radius 3 is 2.41 bits per heavy atom. The van der Waals surface area contributed by atoms with Crippen LogP contribution in [0.1, 0.15) is 42.4 Å². The van der Waals surface area contributed by atoms with Gasteiger partial charge in [-0.25, -0.2) is 9.78 Å². The van der Waals surface area contributed by atoms with Gasteiger partial charge in [-0.3, -0.25) is 0 Å². The lowest BCUT2D eigenvalue weighted by Crippen LogP contribution is -2.11. The first-order valence-electron chi connectivity index (χ1n) is 5.02. The van der Waals surface area contributed by atoms with Gasteiger partial charge in [0.25, 0.3) is 0 Å². The largest absolute Gasteiger partial charge is 0.475 e. The Balaban J connectivity index is 3.01. The van der Waals surface area contributed by atoms with E-state index in [1.165, 1.54) is 0 Å². The first-order valence-corrected chi connectivity index (χ1v) is 5.02. The van der Waals surface area contributed by atoms with Gasteiger partial charge in [0.05, 0.1) is 0 Å². The van der Waals surface area contributed by atoms with E-state index < -0.39 is 23.6 Å². The van der Waals surface area contributed by atoms with Crippen molar-refractivity contribution >= 4 is 5.97 Å². The highest BCUT2D eigenvalue weighted by molar-refractivity contribution is 5.85. The SMILES string of the molecule is CC(C)CCc1nc(C(F)(F)F)c(C(=O)O)o1. The van der Waals surface area contributed by atoms with Crippen molar-refractivity contribution in [2.75, 3.05) is 0 Å². The maximum Gasteiger partial charge on any atom is 0.437 e. The molecule has 0 amide bonds. The molecule has 0 aliphatic rings. The van der Waals surface area contributed by atoms with Gasteiger partial charge in [-0.05, 0) is 12.3 Å². The monoisotopic (exact) mass is 251 g/mol.